The van der Waals surface area contributed by atoms with Gasteiger partial charge < -0.3 is 15.2 Å². The number of carbonyl (C=O) groups is 2. The number of ether oxygens (including phenoxy) is 1. The Morgan fingerprint density at radius 1 is 0.971 bits per heavy atom. The number of amides is 1. The number of nitrogens with one attached hydrogen (secondary N) is 1. The summed E-state index contributed by atoms with van der Waals surface area (Å²) < 4.78 is 5.85. The maximum Gasteiger partial charge on any atom is 0.335 e. The Kier molecular flexibility index (Phi) is 9.11. The summed E-state index contributed by atoms with van der Waals surface area (Å²) in [6, 6.07) is 19.9. The van der Waals surface area contributed by atoms with Gasteiger partial charge in [-0.1, -0.05) is 61.8 Å². The van der Waals surface area contributed by atoms with Gasteiger partial charge in [0.25, 0.3) is 5.91 Å². The molecule has 0 bridgehead atoms. The van der Waals surface area contributed by atoms with Crippen LogP contribution < -0.4 is 10.1 Å². The van der Waals surface area contributed by atoms with E-state index in [9.17, 15) is 9.59 Å². The van der Waals surface area contributed by atoms with E-state index in [0.717, 1.165) is 29.5 Å². The Labute approximate surface area is 205 Å². The molecule has 178 valence electrons. The first-order chi connectivity index (χ1) is 16.3. The normalized spacial score (nSPS) is 10.8. The van der Waals surface area contributed by atoms with Crippen molar-refractivity contribution in [3.05, 3.63) is 88.4 Å². The van der Waals surface area contributed by atoms with Crippen LogP contribution in [-0.4, -0.2) is 30.1 Å². The summed E-state index contributed by atoms with van der Waals surface area (Å²) in [4.78, 5) is 23.8. The monoisotopic (exact) mass is 479 g/mol. The van der Waals surface area contributed by atoms with Crippen molar-refractivity contribution in [1.82, 2.24) is 5.32 Å². The van der Waals surface area contributed by atoms with E-state index >= 15 is 0 Å². The zero-order chi connectivity index (χ0) is 24.5. The Morgan fingerprint density at radius 3 is 2.24 bits per heavy atom. The molecule has 0 aliphatic heterocycles. The van der Waals surface area contributed by atoms with E-state index in [0.29, 0.717) is 41.8 Å². The largest absolute Gasteiger partial charge is 0.493 e. The molecule has 0 saturated carbocycles. The van der Waals surface area contributed by atoms with E-state index < -0.39 is 5.97 Å². The van der Waals surface area contributed by atoms with Crippen molar-refractivity contribution in [2.75, 3.05) is 13.2 Å². The number of rotatable bonds is 11. The van der Waals surface area contributed by atoms with Crippen LogP contribution >= 0.6 is 11.6 Å². The van der Waals surface area contributed by atoms with Gasteiger partial charge in [0, 0.05) is 11.6 Å². The zero-order valence-corrected chi connectivity index (χ0v) is 20.3. The van der Waals surface area contributed by atoms with Crippen molar-refractivity contribution in [2.24, 2.45) is 5.92 Å². The highest BCUT2D eigenvalue weighted by Gasteiger charge is 2.13. The third-order valence-corrected chi connectivity index (χ3v) is 5.72. The molecule has 3 aromatic rings. The molecule has 2 N–H and O–H groups in total. The highest BCUT2D eigenvalue weighted by molar-refractivity contribution is 6.31. The van der Waals surface area contributed by atoms with Crippen molar-refractivity contribution in [3.8, 4) is 16.9 Å². The van der Waals surface area contributed by atoms with E-state index in [4.69, 9.17) is 21.4 Å². The van der Waals surface area contributed by atoms with Crippen LogP contribution in [0, 0.1) is 5.92 Å². The Morgan fingerprint density at radius 2 is 1.62 bits per heavy atom. The predicted molar refractivity (Wildman–Crippen MR) is 136 cm³/mol. The minimum atomic E-state index is -0.938. The molecule has 0 unspecified atom stereocenters. The lowest BCUT2D eigenvalue weighted by atomic mass is 10.0. The third kappa shape index (κ3) is 7.35. The summed E-state index contributed by atoms with van der Waals surface area (Å²) in [5.74, 6) is 0.00934. The molecule has 0 spiro atoms. The van der Waals surface area contributed by atoms with E-state index in [1.54, 1.807) is 42.5 Å². The van der Waals surface area contributed by atoms with Gasteiger partial charge in [-0.25, -0.2) is 4.79 Å². The summed E-state index contributed by atoms with van der Waals surface area (Å²) in [5, 5.41) is 12.5. The van der Waals surface area contributed by atoms with Crippen molar-refractivity contribution in [1.29, 1.82) is 0 Å². The van der Waals surface area contributed by atoms with Gasteiger partial charge in [-0.15, -0.1) is 0 Å². The fourth-order valence-electron chi connectivity index (χ4n) is 3.56. The van der Waals surface area contributed by atoms with Crippen molar-refractivity contribution < 1.29 is 19.4 Å². The number of benzene rings is 3. The van der Waals surface area contributed by atoms with Gasteiger partial charge in [0.1, 0.15) is 5.75 Å². The molecule has 0 fully saturated rings. The van der Waals surface area contributed by atoms with E-state index in [2.05, 4.69) is 19.2 Å². The maximum absolute atomic E-state index is 12.8. The number of carboxylic acids is 1. The molecule has 0 atom stereocenters. The lowest BCUT2D eigenvalue weighted by Crippen LogP contribution is -2.26. The van der Waals surface area contributed by atoms with Crippen molar-refractivity contribution in [2.45, 2.75) is 33.1 Å². The minimum Gasteiger partial charge on any atom is -0.493 e. The topological polar surface area (TPSA) is 75.6 Å². The quantitative estimate of drug-likeness (QED) is 0.308. The maximum atomic E-state index is 12.8. The number of carbonyl (C=O) groups excluding carboxylic acids is 1. The first kappa shape index (κ1) is 25.3. The second-order valence-corrected chi connectivity index (χ2v) is 9.05. The predicted octanol–water partition coefficient (Wildman–Crippen LogP) is 6.49. The summed E-state index contributed by atoms with van der Waals surface area (Å²) >= 11 is 6.12. The molecule has 0 aromatic heterocycles. The Balaban J connectivity index is 1.54. The van der Waals surface area contributed by atoms with Gasteiger partial charge in [-0.2, -0.15) is 0 Å². The van der Waals surface area contributed by atoms with Gasteiger partial charge in [-0.05, 0) is 72.2 Å². The van der Waals surface area contributed by atoms with E-state index in [1.165, 1.54) is 0 Å². The van der Waals surface area contributed by atoms with Crippen LogP contribution in [0.3, 0.4) is 0 Å². The Hall–Kier alpha value is -3.31. The number of aromatic carboxylic acids is 1. The molecular formula is C28H30ClNO4. The molecular weight excluding hydrogens is 450 g/mol. The van der Waals surface area contributed by atoms with Crippen LogP contribution in [0.5, 0.6) is 5.75 Å². The van der Waals surface area contributed by atoms with Gasteiger partial charge >= 0.3 is 5.97 Å². The molecule has 6 heteroatoms. The van der Waals surface area contributed by atoms with Crippen LogP contribution in [0.25, 0.3) is 11.1 Å². The number of hydrogen-bond donors (Lipinski definition) is 2. The molecule has 0 aliphatic carbocycles. The highest BCUT2D eigenvalue weighted by Crippen LogP contribution is 2.24. The van der Waals surface area contributed by atoms with Gasteiger partial charge in [0.2, 0.25) is 0 Å². The lowest BCUT2D eigenvalue weighted by molar-refractivity contribution is 0.0696. The summed E-state index contributed by atoms with van der Waals surface area (Å²) in [6.45, 7) is 5.39. The van der Waals surface area contributed by atoms with Crippen LogP contribution in [-0.2, 0) is 6.42 Å². The molecule has 3 aromatic carbocycles. The van der Waals surface area contributed by atoms with Crippen molar-refractivity contribution in [3.63, 3.8) is 0 Å². The smallest absolute Gasteiger partial charge is 0.335 e. The fourth-order valence-corrected chi connectivity index (χ4v) is 3.74. The highest BCUT2D eigenvalue weighted by atomic mass is 35.5. The van der Waals surface area contributed by atoms with Gasteiger partial charge in [-0.3, -0.25) is 4.79 Å². The number of hydrogen-bond acceptors (Lipinski definition) is 3. The molecule has 3 rings (SSSR count). The summed E-state index contributed by atoms with van der Waals surface area (Å²) in [7, 11) is 0. The zero-order valence-electron chi connectivity index (χ0n) is 19.5. The second kappa shape index (κ2) is 12.2. The SMILES string of the molecule is CC(C)CCCOc1ccc(Cl)cc1C(=O)NCCc1ccc(-c2ccc(C(=O)O)cc2)cc1. The average molecular weight is 480 g/mol. The summed E-state index contributed by atoms with van der Waals surface area (Å²) in [5.41, 5.74) is 3.74. The summed E-state index contributed by atoms with van der Waals surface area (Å²) in [6.07, 6.45) is 2.68. The van der Waals surface area contributed by atoms with Crippen molar-refractivity contribution >= 4 is 23.5 Å². The molecule has 0 aliphatic rings. The van der Waals surface area contributed by atoms with Crippen LogP contribution in [0.4, 0.5) is 0 Å². The first-order valence-corrected chi connectivity index (χ1v) is 11.8. The molecule has 0 radical (unpaired) electrons. The van der Waals surface area contributed by atoms with Crippen LogP contribution in [0.2, 0.25) is 5.02 Å². The third-order valence-electron chi connectivity index (χ3n) is 5.49. The molecule has 1 amide bonds. The molecule has 5 nitrogen and oxygen atoms in total. The Bertz CT molecular complexity index is 1110. The van der Waals surface area contributed by atoms with E-state index in [1.807, 2.05) is 24.3 Å². The molecule has 34 heavy (non-hydrogen) atoms. The number of carboxylic acid groups (broad SMARTS) is 1. The minimum absolute atomic E-state index is 0.212. The fraction of sp³-hybridized carbons (Fsp3) is 0.286. The van der Waals surface area contributed by atoms with E-state index in [-0.39, 0.29) is 11.5 Å². The number of halogens is 1. The standard InChI is InChI=1S/C28H30ClNO4/c1-19(2)4-3-17-34-26-14-13-24(29)18-25(26)27(31)30-16-15-20-5-7-21(8-6-20)22-9-11-23(12-10-22)28(32)33/h5-14,18-19H,3-4,15-17H2,1-2H3,(H,30,31)(H,32,33). The van der Waals surface area contributed by atoms with Gasteiger partial charge in [0.15, 0.2) is 0 Å². The first-order valence-electron chi connectivity index (χ1n) is 11.5. The second-order valence-electron chi connectivity index (χ2n) is 8.61. The average Bonchev–Trinajstić information content (AvgIpc) is 2.83. The molecule has 0 saturated heterocycles. The molecule has 0 heterocycles. The van der Waals surface area contributed by atoms with Crippen LogP contribution in [0.15, 0.2) is 66.7 Å². The lowest BCUT2D eigenvalue weighted by Gasteiger charge is -2.13. The van der Waals surface area contributed by atoms with Gasteiger partial charge in [0.05, 0.1) is 17.7 Å². The van der Waals surface area contributed by atoms with Crippen LogP contribution in [0.1, 0.15) is 53.0 Å².